The standard InChI is InChI=1S/C10H15F6N3/c1-2-3-4-5-6-19-8(9(11,12)13)18(7-17-19)10(14,15)16/h7-8H,2-6H2,1H3. The lowest BCUT2D eigenvalue weighted by Gasteiger charge is -2.32. The SMILES string of the molecule is CCCCCCN1N=CN(C(F)(F)F)C1C(F)(F)F. The maximum absolute atomic E-state index is 12.7. The summed E-state index contributed by atoms with van der Waals surface area (Å²) in [5.41, 5.74) is 0. The summed E-state index contributed by atoms with van der Waals surface area (Å²) in [6, 6.07) is 0. The highest BCUT2D eigenvalue weighted by molar-refractivity contribution is 5.57. The third-order valence-electron chi connectivity index (χ3n) is 2.70. The quantitative estimate of drug-likeness (QED) is 0.438. The van der Waals surface area contributed by atoms with Gasteiger partial charge in [0.05, 0.1) is 0 Å². The van der Waals surface area contributed by atoms with E-state index < -0.39 is 23.5 Å². The zero-order valence-corrected chi connectivity index (χ0v) is 10.3. The Bertz CT molecular complexity index is 311. The minimum absolute atomic E-state index is 0.146. The van der Waals surface area contributed by atoms with Gasteiger partial charge in [-0.1, -0.05) is 26.2 Å². The summed E-state index contributed by atoms with van der Waals surface area (Å²) >= 11 is 0. The molecule has 0 aromatic heterocycles. The van der Waals surface area contributed by atoms with Crippen molar-refractivity contribution in [1.82, 2.24) is 9.91 Å². The van der Waals surface area contributed by atoms with Crippen LogP contribution in [0.5, 0.6) is 0 Å². The van der Waals surface area contributed by atoms with Crippen LogP contribution in [0.3, 0.4) is 0 Å². The molecule has 19 heavy (non-hydrogen) atoms. The van der Waals surface area contributed by atoms with Crippen molar-refractivity contribution < 1.29 is 26.3 Å². The molecule has 0 spiro atoms. The highest BCUT2D eigenvalue weighted by Crippen LogP contribution is 2.36. The number of halogens is 6. The van der Waals surface area contributed by atoms with Crippen molar-refractivity contribution in [2.75, 3.05) is 6.54 Å². The van der Waals surface area contributed by atoms with Crippen LogP contribution < -0.4 is 0 Å². The number of unbranched alkanes of at least 4 members (excludes halogenated alkanes) is 3. The van der Waals surface area contributed by atoms with Crippen LogP contribution in [-0.2, 0) is 0 Å². The number of hydrogen-bond acceptors (Lipinski definition) is 3. The monoisotopic (exact) mass is 291 g/mol. The highest BCUT2D eigenvalue weighted by atomic mass is 19.4. The van der Waals surface area contributed by atoms with Gasteiger partial charge in [0, 0.05) is 6.54 Å². The van der Waals surface area contributed by atoms with Crippen LogP contribution in [0.25, 0.3) is 0 Å². The minimum Gasteiger partial charge on any atom is -0.264 e. The summed E-state index contributed by atoms with van der Waals surface area (Å²) < 4.78 is 75.5. The van der Waals surface area contributed by atoms with Crippen molar-refractivity contribution in [2.45, 2.75) is 51.2 Å². The van der Waals surface area contributed by atoms with Crippen LogP contribution in [0.2, 0.25) is 0 Å². The lowest BCUT2D eigenvalue weighted by Crippen LogP contribution is -2.55. The first-order valence-electron chi connectivity index (χ1n) is 5.90. The molecule has 0 aliphatic carbocycles. The molecule has 1 atom stereocenters. The summed E-state index contributed by atoms with van der Waals surface area (Å²) in [4.78, 5) is -0.715. The van der Waals surface area contributed by atoms with E-state index in [2.05, 4.69) is 5.10 Å². The first-order chi connectivity index (χ1) is 8.68. The number of alkyl halides is 6. The Balaban J connectivity index is 2.69. The third kappa shape index (κ3) is 4.17. The van der Waals surface area contributed by atoms with Gasteiger partial charge in [-0.25, -0.2) is 4.90 Å². The van der Waals surface area contributed by atoms with Gasteiger partial charge < -0.3 is 0 Å². The molecule has 0 aromatic carbocycles. The summed E-state index contributed by atoms with van der Waals surface area (Å²) in [5, 5.41) is 3.67. The summed E-state index contributed by atoms with van der Waals surface area (Å²) in [7, 11) is 0. The van der Waals surface area contributed by atoms with Crippen molar-refractivity contribution in [1.29, 1.82) is 0 Å². The summed E-state index contributed by atoms with van der Waals surface area (Å²) in [6.07, 6.45) is -9.91. The van der Waals surface area contributed by atoms with E-state index in [0.717, 1.165) is 12.8 Å². The molecule has 9 heteroatoms. The van der Waals surface area contributed by atoms with Gasteiger partial charge in [-0.3, -0.25) is 5.01 Å². The maximum atomic E-state index is 12.7. The van der Waals surface area contributed by atoms with Gasteiger partial charge in [-0.2, -0.15) is 18.3 Å². The summed E-state index contributed by atoms with van der Waals surface area (Å²) in [6.45, 7) is 1.78. The number of rotatable bonds is 5. The predicted molar refractivity (Wildman–Crippen MR) is 57.1 cm³/mol. The van der Waals surface area contributed by atoms with E-state index in [1.807, 2.05) is 6.92 Å². The molecule has 0 saturated heterocycles. The number of nitrogens with zero attached hydrogens (tertiary/aromatic N) is 3. The Labute approximate surface area is 106 Å². The van der Waals surface area contributed by atoms with Crippen molar-refractivity contribution in [3.63, 3.8) is 0 Å². The normalized spacial score (nSPS) is 20.5. The second kappa shape index (κ2) is 5.87. The van der Waals surface area contributed by atoms with Gasteiger partial charge in [0.2, 0.25) is 6.17 Å². The van der Waals surface area contributed by atoms with E-state index >= 15 is 0 Å². The average molecular weight is 291 g/mol. The van der Waals surface area contributed by atoms with E-state index in [0.29, 0.717) is 17.9 Å². The Morgan fingerprint density at radius 2 is 1.68 bits per heavy atom. The molecule has 1 rings (SSSR count). The second-order valence-corrected chi connectivity index (χ2v) is 4.25. The van der Waals surface area contributed by atoms with Gasteiger partial charge in [0.15, 0.2) is 0 Å². The average Bonchev–Trinajstić information content (AvgIpc) is 2.67. The smallest absolute Gasteiger partial charge is 0.264 e. The molecule has 1 heterocycles. The largest absolute Gasteiger partial charge is 0.487 e. The molecular weight excluding hydrogens is 276 g/mol. The van der Waals surface area contributed by atoms with E-state index in [4.69, 9.17) is 0 Å². The van der Waals surface area contributed by atoms with Crippen molar-refractivity contribution in [3.8, 4) is 0 Å². The van der Waals surface area contributed by atoms with Crippen LogP contribution in [-0.4, -0.2) is 41.4 Å². The molecule has 1 aliphatic rings. The van der Waals surface area contributed by atoms with Gasteiger partial charge in [-0.05, 0) is 6.42 Å². The Morgan fingerprint density at radius 1 is 1.05 bits per heavy atom. The van der Waals surface area contributed by atoms with Crippen LogP contribution in [0.4, 0.5) is 26.3 Å². The van der Waals surface area contributed by atoms with Crippen LogP contribution in [0, 0.1) is 0 Å². The first-order valence-corrected chi connectivity index (χ1v) is 5.90. The molecule has 0 aromatic rings. The highest BCUT2D eigenvalue weighted by Gasteiger charge is 2.57. The lowest BCUT2D eigenvalue weighted by atomic mass is 10.2. The van der Waals surface area contributed by atoms with E-state index in [9.17, 15) is 26.3 Å². The van der Waals surface area contributed by atoms with Crippen LogP contribution in [0.15, 0.2) is 5.10 Å². The Hall–Kier alpha value is -1.15. The van der Waals surface area contributed by atoms with Gasteiger partial charge >= 0.3 is 12.5 Å². The molecular formula is C10H15F6N3. The van der Waals surface area contributed by atoms with Crippen molar-refractivity contribution >= 4 is 6.34 Å². The fraction of sp³-hybridized carbons (Fsp3) is 0.900. The fourth-order valence-corrected chi connectivity index (χ4v) is 1.80. The molecule has 0 radical (unpaired) electrons. The molecule has 0 fully saturated rings. The van der Waals surface area contributed by atoms with Gasteiger partial charge in [0.25, 0.3) is 0 Å². The minimum atomic E-state index is -5.10. The zero-order valence-electron chi connectivity index (χ0n) is 10.3. The molecule has 112 valence electrons. The predicted octanol–water partition coefficient (Wildman–Crippen LogP) is 3.54. The molecule has 0 saturated carbocycles. The molecule has 3 nitrogen and oxygen atoms in total. The van der Waals surface area contributed by atoms with Crippen molar-refractivity contribution in [2.24, 2.45) is 5.10 Å². The molecule has 1 aliphatic heterocycles. The Morgan fingerprint density at radius 3 is 2.16 bits per heavy atom. The van der Waals surface area contributed by atoms with E-state index in [1.165, 1.54) is 0 Å². The van der Waals surface area contributed by atoms with Crippen LogP contribution >= 0.6 is 0 Å². The van der Waals surface area contributed by atoms with Gasteiger partial charge in [-0.15, -0.1) is 13.2 Å². The van der Waals surface area contributed by atoms with Crippen LogP contribution in [0.1, 0.15) is 32.6 Å². The summed E-state index contributed by atoms with van der Waals surface area (Å²) in [5.74, 6) is 0. The third-order valence-corrected chi connectivity index (χ3v) is 2.70. The molecule has 0 bridgehead atoms. The first kappa shape index (κ1) is 15.9. The lowest BCUT2D eigenvalue weighted by molar-refractivity contribution is -0.291. The maximum Gasteiger partial charge on any atom is 0.487 e. The molecule has 1 unspecified atom stereocenters. The Kier molecular flexibility index (Phi) is 4.92. The molecule has 0 N–H and O–H groups in total. The van der Waals surface area contributed by atoms with Gasteiger partial charge in [0.1, 0.15) is 6.34 Å². The molecule has 0 amide bonds. The second-order valence-electron chi connectivity index (χ2n) is 4.25. The van der Waals surface area contributed by atoms with E-state index in [-0.39, 0.29) is 12.9 Å². The van der Waals surface area contributed by atoms with Crippen molar-refractivity contribution in [3.05, 3.63) is 0 Å². The fourth-order valence-electron chi connectivity index (χ4n) is 1.80. The van der Waals surface area contributed by atoms with E-state index in [1.54, 1.807) is 0 Å². The zero-order chi connectivity index (χ0) is 14.7. The number of hydrazone groups is 1. The number of hydrogen-bond donors (Lipinski definition) is 0. The topological polar surface area (TPSA) is 18.8 Å².